The van der Waals surface area contributed by atoms with Crippen LogP contribution in [0.1, 0.15) is 10.4 Å². The normalized spacial score (nSPS) is 14.0. The highest BCUT2D eigenvalue weighted by Crippen LogP contribution is 2.22. The van der Waals surface area contributed by atoms with Crippen LogP contribution in [0.4, 0.5) is 5.69 Å². The number of hydrogen-bond acceptors (Lipinski definition) is 5. The van der Waals surface area contributed by atoms with Crippen molar-refractivity contribution in [1.29, 1.82) is 0 Å². The van der Waals surface area contributed by atoms with Gasteiger partial charge in [-0.25, -0.2) is 0 Å². The summed E-state index contributed by atoms with van der Waals surface area (Å²) in [6, 6.07) is 4.76. The van der Waals surface area contributed by atoms with Gasteiger partial charge in [-0.05, 0) is 18.2 Å². The van der Waals surface area contributed by atoms with Crippen molar-refractivity contribution >= 4 is 46.8 Å². The lowest BCUT2D eigenvalue weighted by Gasteiger charge is -2.26. The number of amides is 3. The van der Waals surface area contributed by atoms with Crippen molar-refractivity contribution in [2.24, 2.45) is 0 Å². The van der Waals surface area contributed by atoms with Gasteiger partial charge in [0.2, 0.25) is 11.8 Å². The molecular weight excluding hydrogens is 378 g/mol. The van der Waals surface area contributed by atoms with Gasteiger partial charge in [-0.15, -0.1) is 11.8 Å². The molecular formula is C17H22ClN3O4S. The summed E-state index contributed by atoms with van der Waals surface area (Å²) < 4.78 is 5.21. The number of morpholine rings is 1. The molecule has 1 aliphatic heterocycles. The maximum Gasteiger partial charge on any atom is 0.254 e. The number of thioether (sulfide) groups is 1. The van der Waals surface area contributed by atoms with Crippen LogP contribution < -0.4 is 5.32 Å². The maximum atomic E-state index is 12.1. The van der Waals surface area contributed by atoms with Gasteiger partial charge < -0.3 is 19.9 Å². The molecule has 142 valence electrons. The van der Waals surface area contributed by atoms with E-state index in [4.69, 9.17) is 16.3 Å². The number of nitrogens with zero attached hydrogens (tertiary/aromatic N) is 2. The van der Waals surface area contributed by atoms with Crippen molar-refractivity contribution in [2.75, 3.05) is 57.2 Å². The first-order valence-electron chi connectivity index (χ1n) is 8.13. The van der Waals surface area contributed by atoms with Crippen molar-refractivity contribution in [3.05, 3.63) is 28.8 Å². The van der Waals surface area contributed by atoms with Crippen molar-refractivity contribution in [2.45, 2.75) is 0 Å². The van der Waals surface area contributed by atoms with E-state index in [1.165, 1.54) is 16.7 Å². The molecule has 2 rings (SSSR count). The van der Waals surface area contributed by atoms with E-state index in [1.54, 1.807) is 37.2 Å². The number of carbonyl (C=O) groups excluding carboxylic acids is 3. The molecule has 9 heteroatoms. The van der Waals surface area contributed by atoms with Crippen LogP contribution in [0.5, 0.6) is 0 Å². The largest absolute Gasteiger partial charge is 0.378 e. The van der Waals surface area contributed by atoms with E-state index in [1.807, 2.05) is 0 Å². The lowest BCUT2D eigenvalue weighted by Crippen LogP contribution is -2.41. The first-order valence-corrected chi connectivity index (χ1v) is 9.66. The van der Waals surface area contributed by atoms with Crippen LogP contribution in [0, 0.1) is 0 Å². The standard InChI is InChI=1S/C17H22ClN3O4S/c1-20(2)17(24)13-9-12(3-4-14(13)18)19-15(22)10-26-11-16(23)21-5-7-25-8-6-21/h3-4,9H,5-8,10-11H2,1-2H3,(H,19,22). The molecule has 26 heavy (non-hydrogen) atoms. The van der Waals surface area contributed by atoms with Crippen molar-refractivity contribution < 1.29 is 19.1 Å². The molecule has 3 amide bonds. The number of rotatable bonds is 6. The highest BCUT2D eigenvalue weighted by Gasteiger charge is 2.17. The molecule has 1 aromatic carbocycles. The molecule has 0 aliphatic carbocycles. The Hall–Kier alpha value is -1.77. The molecule has 0 aromatic heterocycles. The Kier molecular flexibility index (Phi) is 7.74. The summed E-state index contributed by atoms with van der Waals surface area (Å²) in [6.07, 6.45) is 0. The quantitative estimate of drug-likeness (QED) is 0.785. The molecule has 0 saturated carbocycles. The third kappa shape index (κ3) is 5.89. The second-order valence-corrected chi connectivity index (χ2v) is 7.32. The minimum Gasteiger partial charge on any atom is -0.378 e. The fourth-order valence-electron chi connectivity index (χ4n) is 2.34. The fraction of sp³-hybridized carbons (Fsp3) is 0.471. The maximum absolute atomic E-state index is 12.1. The number of ether oxygens (including phenoxy) is 1. The lowest BCUT2D eigenvalue weighted by atomic mass is 10.1. The Morgan fingerprint density at radius 1 is 1.23 bits per heavy atom. The van der Waals surface area contributed by atoms with E-state index in [9.17, 15) is 14.4 Å². The van der Waals surface area contributed by atoms with Crippen LogP contribution in [-0.4, -0.2) is 79.4 Å². The number of halogens is 1. The molecule has 1 saturated heterocycles. The molecule has 0 radical (unpaired) electrons. The zero-order valence-electron chi connectivity index (χ0n) is 14.8. The minimum atomic E-state index is -0.240. The smallest absolute Gasteiger partial charge is 0.254 e. The second kappa shape index (κ2) is 9.80. The monoisotopic (exact) mass is 399 g/mol. The molecule has 1 fully saturated rings. The number of anilines is 1. The highest BCUT2D eigenvalue weighted by atomic mass is 35.5. The van der Waals surface area contributed by atoms with Gasteiger partial charge in [0.25, 0.3) is 5.91 Å². The van der Waals surface area contributed by atoms with Crippen LogP contribution in [0.15, 0.2) is 18.2 Å². The molecule has 0 atom stereocenters. The van der Waals surface area contributed by atoms with Crippen molar-refractivity contribution in [1.82, 2.24) is 9.80 Å². The predicted octanol–water partition coefficient (Wildman–Crippen LogP) is 1.57. The van der Waals surface area contributed by atoms with Gasteiger partial charge in [-0.2, -0.15) is 0 Å². The van der Waals surface area contributed by atoms with E-state index < -0.39 is 0 Å². The summed E-state index contributed by atoms with van der Waals surface area (Å²) in [5.74, 6) is -0.0722. The third-order valence-corrected chi connectivity index (χ3v) is 4.96. The summed E-state index contributed by atoms with van der Waals surface area (Å²) in [7, 11) is 3.26. The number of nitrogens with one attached hydrogen (secondary N) is 1. The summed E-state index contributed by atoms with van der Waals surface area (Å²) in [4.78, 5) is 39.3. The number of benzene rings is 1. The zero-order chi connectivity index (χ0) is 19.1. The van der Waals surface area contributed by atoms with Crippen LogP contribution in [0.2, 0.25) is 5.02 Å². The van der Waals surface area contributed by atoms with Gasteiger partial charge in [0.05, 0.1) is 35.3 Å². The lowest BCUT2D eigenvalue weighted by molar-refractivity contribution is -0.132. The van der Waals surface area contributed by atoms with Gasteiger partial charge in [-0.3, -0.25) is 14.4 Å². The topological polar surface area (TPSA) is 79.0 Å². The fourth-order valence-corrected chi connectivity index (χ4v) is 3.26. The third-order valence-electron chi connectivity index (χ3n) is 3.71. The van der Waals surface area contributed by atoms with E-state index in [0.717, 1.165) is 0 Å². The Balaban J connectivity index is 1.83. The summed E-state index contributed by atoms with van der Waals surface area (Å²) in [5, 5.41) is 3.05. The second-order valence-electron chi connectivity index (χ2n) is 5.93. The first kappa shape index (κ1) is 20.5. The van der Waals surface area contributed by atoms with E-state index in [-0.39, 0.29) is 29.2 Å². The average molecular weight is 400 g/mol. The average Bonchev–Trinajstić information content (AvgIpc) is 2.63. The Labute approximate surface area is 162 Å². The molecule has 1 aromatic rings. The number of hydrogen-bond donors (Lipinski definition) is 1. The van der Waals surface area contributed by atoms with Crippen LogP contribution >= 0.6 is 23.4 Å². The van der Waals surface area contributed by atoms with Crippen molar-refractivity contribution in [3.63, 3.8) is 0 Å². The molecule has 1 aliphatic rings. The molecule has 0 unspecified atom stereocenters. The Bertz CT molecular complexity index is 678. The van der Waals surface area contributed by atoms with Crippen LogP contribution in [0.25, 0.3) is 0 Å². The predicted molar refractivity (Wildman–Crippen MR) is 103 cm³/mol. The molecule has 0 spiro atoms. The molecule has 1 heterocycles. The molecule has 7 nitrogen and oxygen atoms in total. The van der Waals surface area contributed by atoms with E-state index in [0.29, 0.717) is 42.6 Å². The minimum absolute atomic E-state index is 0.0106. The Morgan fingerprint density at radius 3 is 2.58 bits per heavy atom. The van der Waals surface area contributed by atoms with E-state index in [2.05, 4.69) is 5.32 Å². The molecule has 0 bridgehead atoms. The SMILES string of the molecule is CN(C)C(=O)c1cc(NC(=O)CSCC(=O)N2CCOCC2)ccc1Cl. The Morgan fingerprint density at radius 2 is 1.92 bits per heavy atom. The number of carbonyl (C=O) groups is 3. The van der Waals surface area contributed by atoms with Crippen molar-refractivity contribution in [3.8, 4) is 0 Å². The van der Waals surface area contributed by atoms with Crippen LogP contribution in [-0.2, 0) is 14.3 Å². The summed E-state index contributed by atoms with van der Waals surface area (Å²) in [6.45, 7) is 2.31. The van der Waals surface area contributed by atoms with Crippen LogP contribution in [0.3, 0.4) is 0 Å². The van der Waals surface area contributed by atoms with E-state index >= 15 is 0 Å². The zero-order valence-corrected chi connectivity index (χ0v) is 16.4. The first-order chi connectivity index (χ1) is 12.4. The highest BCUT2D eigenvalue weighted by molar-refractivity contribution is 8.00. The van der Waals surface area contributed by atoms with Gasteiger partial charge in [0, 0.05) is 32.9 Å². The molecule has 1 N–H and O–H groups in total. The van der Waals surface area contributed by atoms with Gasteiger partial charge >= 0.3 is 0 Å². The summed E-state index contributed by atoms with van der Waals surface area (Å²) in [5.41, 5.74) is 0.814. The van der Waals surface area contributed by atoms with Gasteiger partial charge in [0.1, 0.15) is 0 Å². The summed E-state index contributed by atoms with van der Waals surface area (Å²) >= 11 is 7.30. The van der Waals surface area contributed by atoms with Gasteiger partial charge in [0.15, 0.2) is 0 Å². The van der Waals surface area contributed by atoms with Gasteiger partial charge in [-0.1, -0.05) is 11.6 Å².